The lowest BCUT2D eigenvalue weighted by Gasteiger charge is -2.28. The van der Waals surface area contributed by atoms with E-state index in [2.05, 4.69) is 11.0 Å². The fourth-order valence-electron chi connectivity index (χ4n) is 2.56. The van der Waals surface area contributed by atoms with Crippen LogP contribution in [0, 0.1) is 11.3 Å². The minimum absolute atomic E-state index is 0.0939. The zero-order valence-electron chi connectivity index (χ0n) is 10.5. The monoisotopic (exact) mass is 246 g/mol. The SMILES string of the molecule is CC(O)c1ccc(C#N)cc1N1CCCC1CO. The van der Waals surface area contributed by atoms with Crippen LogP contribution in [0.2, 0.25) is 0 Å². The third-order valence-corrected chi connectivity index (χ3v) is 3.51. The minimum Gasteiger partial charge on any atom is -0.394 e. The third-order valence-electron chi connectivity index (χ3n) is 3.51. The van der Waals surface area contributed by atoms with E-state index in [0.717, 1.165) is 30.6 Å². The molecule has 96 valence electrons. The summed E-state index contributed by atoms with van der Waals surface area (Å²) in [4.78, 5) is 2.10. The molecule has 0 saturated carbocycles. The molecule has 1 fully saturated rings. The molecular formula is C14H18N2O2. The van der Waals surface area contributed by atoms with E-state index in [4.69, 9.17) is 5.26 Å². The molecule has 0 aliphatic carbocycles. The fraction of sp³-hybridized carbons (Fsp3) is 0.500. The normalized spacial score (nSPS) is 20.8. The molecule has 1 heterocycles. The van der Waals surface area contributed by atoms with Crippen LogP contribution in [-0.4, -0.2) is 29.4 Å². The lowest BCUT2D eigenvalue weighted by Crippen LogP contribution is -2.33. The standard InChI is InChI=1S/C14H18N2O2/c1-10(18)13-5-4-11(8-15)7-14(13)16-6-2-3-12(16)9-17/h4-5,7,10,12,17-18H,2-3,6,9H2,1H3. The number of nitriles is 1. The van der Waals surface area contributed by atoms with Gasteiger partial charge in [-0.05, 0) is 31.9 Å². The van der Waals surface area contributed by atoms with Crippen molar-refractivity contribution in [3.63, 3.8) is 0 Å². The largest absolute Gasteiger partial charge is 0.394 e. The zero-order chi connectivity index (χ0) is 13.1. The van der Waals surface area contributed by atoms with Crippen molar-refractivity contribution in [2.45, 2.75) is 31.9 Å². The van der Waals surface area contributed by atoms with Crippen LogP contribution in [0.25, 0.3) is 0 Å². The van der Waals surface area contributed by atoms with Gasteiger partial charge in [0.25, 0.3) is 0 Å². The fourth-order valence-corrected chi connectivity index (χ4v) is 2.56. The van der Waals surface area contributed by atoms with E-state index < -0.39 is 6.10 Å². The van der Waals surface area contributed by atoms with E-state index in [9.17, 15) is 10.2 Å². The Hall–Kier alpha value is -1.57. The number of aliphatic hydroxyl groups is 2. The van der Waals surface area contributed by atoms with Gasteiger partial charge < -0.3 is 15.1 Å². The van der Waals surface area contributed by atoms with Gasteiger partial charge in [-0.2, -0.15) is 5.26 Å². The topological polar surface area (TPSA) is 67.5 Å². The van der Waals surface area contributed by atoms with Gasteiger partial charge in [0.05, 0.1) is 30.4 Å². The lowest BCUT2D eigenvalue weighted by molar-refractivity contribution is 0.199. The van der Waals surface area contributed by atoms with Crippen LogP contribution in [0.4, 0.5) is 5.69 Å². The molecule has 1 saturated heterocycles. The van der Waals surface area contributed by atoms with Crippen LogP contribution >= 0.6 is 0 Å². The summed E-state index contributed by atoms with van der Waals surface area (Å²) >= 11 is 0. The van der Waals surface area contributed by atoms with Crippen LogP contribution in [-0.2, 0) is 0 Å². The second-order valence-electron chi connectivity index (χ2n) is 4.73. The highest BCUT2D eigenvalue weighted by Crippen LogP contribution is 2.32. The number of aliphatic hydroxyl groups excluding tert-OH is 2. The molecule has 2 atom stereocenters. The summed E-state index contributed by atoms with van der Waals surface area (Å²) in [6.07, 6.45) is 1.40. The van der Waals surface area contributed by atoms with E-state index in [1.54, 1.807) is 25.1 Å². The molecule has 4 heteroatoms. The molecule has 0 bridgehead atoms. The lowest BCUT2D eigenvalue weighted by atomic mass is 10.0. The van der Waals surface area contributed by atoms with Crippen molar-refractivity contribution in [2.75, 3.05) is 18.1 Å². The number of rotatable bonds is 3. The number of hydrogen-bond acceptors (Lipinski definition) is 4. The summed E-state index contributed by atoms with van der Waals surface area (Å²) in [7, 11) is 0. The van der Waals surface area contributed by atoms with Gasteiger partial charge in [-0.15, -0.1) is 0 Å². The van der Waals surface area contributed by atoms with Gasteiger partial charge in [0.1, 0.15) is 0 Å². The van der Waals surface area contributed by atoms with Crippen molar-refractivity contribution >= 4 is 5.69 Å². The second-order valence-corrected chi connectivity index (χ2v) is 4.73. The molecule has 2 N–H and O–H groups in total. The van der Waals surface area contributed by atoms with Crippen molar-refractivity contribution in [3.05, 3.63) is 29.3 Å². The van der Waals surface area contributed by atoms with E-state index in [-0.39, 0.29) is 12.6 Å². The van der Waals surface area contributed by atoms with Gasteiger partial charge in [0, 0.05) is 17.8 Å². The summed E-state index contributed by atoms with van der Waals surface area (Å²) in [6.45, 7) is 2.69. The maximum atomic E-state index is 9.82. The highest BCUT2D eigenvalue weighted by molar-refractivity contribution is 5.59. The predicted molar refractivity (Wildman–Crippen MR) is 69.2 cm³/mol. The summed E-state index contributed by atoms with van der Waals surface area (Å²) < 4.78 is 0. The molecule has 1 aromatic carbocycles. The van der Waals surface area contributed by atoms with Crippen molar-refractivity contribution in [3.8, 4) is 6.07 Å². The van der Waals surface area contributed by atoms with Gasteiger partial charge in [-0.1, -0.05) is 6.07 Å². The maximum Gasteiger partial charge on any atom is 0.0992 e. The zero-order valence-corrected chi connectivity index (χ0v) is 10.5. The Labute approximate surface area is 107 Å². The quantitative estimate of drug-likeness (QED) is 0.849. The second kappa shape index (κ2) is 5.38. The smallest absolute Gasteiger partial charge is 0.0992 e. The van der Waals surface area contributed by atoms with Crippen LogP contribution in [0.3, 0.4) is 0 Å². The van der Waals surface area contributed by atoms with Crippen LogP contribution in [0.15, 0.2) is 18.2 Å². The Kier molecular flexibility index (Phi) is 3.85. The summed E-state index contributed by atoms with van der Waals surface area (Å²) in [6, 6.07) is 7.53. The molecule has 0 aromatic heterocycles. The van der Waals surface area contributed by atoms with Crippen molar-refractivity contribution in [1.29, 1.82) is 5.26 Å². The molecule has 18 heavy (non-hydrogen) atoms. The Morgan fingerprint density at radius 2 is 2.33 bits per heavy atom. The first-order valence-electron chi connectivity index (χ1n) is 6.27. The molecule has 4 nitrogen and oxygen atoms in total. The number of benzene rings is 1. The van der Waals surface area contributed by atoms with Crippen molar-refractivity contribution < 1.29 is 10.2 Å². The molecule has 1 aliphatic rings. The van der Waals surface area contributed by atoms with E-state index in [1.807, 2.05) is 0 Å². The Morgan fingerprint density at radius 3 is 2.94 bits per heavy atom. The Bertz CT molecular complexity index is 465. The summed E-state index contributed by atoms with van der Waals surface area (Å²) in [5.74, 6) is 0. The number of anilines is 1. The van der Waals surface area contributed by atoms with Crippen LogP contribution in [0.5, 0.6) is 0 Å². The molecule has 1 aromatic rings. The third kappa shape index (κ3) is 2.33. The van der Waals surface area contributed by atoms with Gasteiger partial charge in [-0.25, -0.2) is 0 Å². The highest BCUT2D eigenvalue weighted by Gasteiger charge is 2.26. The summed E-state index contributed by atoms with van der Waals surface area (Å²) in [5.41, 5.74) is 2.27. The average Bonchev–Trinajstić information content (AvgIpc) is 2.85. The molecular weight excluding hydrogens is 228 g/mol. The van der Waals surface area contributed by atoms with Crippen LogP contribution < -0.4 is 4.90 Å². The first-order chi connectivity index (χ1) is 8.67. The molecule has 2 rings (SSSR count). The van der Waals surface area contributed by atoms with Crippen LogP contribution in [0.1, 0.15) is 37.0 Å². The first-order valence-corrected chi connectivity index (χ1v) is 6.27. The molecule has 0 spiro atoms. The summed E-state index contributed by atoms with van der Waals surface area (Å²) in [5, 5.41) is 28.2. The van der Waals surface area contributed by atoms with Gasteiger partial charge in [-0.3, -0.25) is 0 Å². The first kappa shape index (κ1) is 12.9. The molecule has 2 unspecified atom stereocenters. The van der Waals surface area contributed by atoms with Crippen molar-refractivity contribution in [1.82, 2.24) is 0 Å². The van der Waals surface area contributed by atoms with E-state index >= 15 is 0 Å². The van der Waals surface area contributed by atoms with E-state index in [0.29, 0.717) is 5.56 Å². The molecule has 0 radical (unpaired) electrons. The molecule has 1 aliphatic heterocycles. The maximum absolute atomic E-state index is 9.82. The molecule has 0 amide bonds. The predicted octanol–water partition coefficient (Wildman–Crippen LogP) is 1.57. The Morgan fingerprint density at radius 1 is 1.56 bits per heavy atom. The van der Waals surface area contributed by atoms with E-state index in [1.165, 1.54) is 0 Å². The average molecular weight is 246 g/mol. The highest BCUT2D eigenvalue weighted by atomic mass is 16.3. The minimum atomic E-state index is -0.576. The van der Waals surface area contributed by atoms with Gasteiger partial charge in [0.15, 0.2) is 0 Å². The number of hydrogen-bond donors (Lipinski definition) is 2. The van der Waals surface area contributed by atoms with Gasteiger partial charge >= 0.3 is 0 Å². The van der Waals surface area contributed by atoms with Gasteiger partial charge in [0.2, 0.25) is 0 Å². The number of nitrogens with zero attached hydrogens (tertiary/aromatic N) is 2. The Balaban J connectivity index is 2.43. The van der Waals surface area contributed by atoms with Crippen molar-refractivity contribution in [2.24, 2.45) is 0 Å².